The lowest BCUT2D eigenvalue weighted by molar-refractivity contribution is -0.0257. The second-order valence-corrected chi connectivity index (χ2v) is 5.18. The van der Waals surface area contributed by atoms with Crippen molar-refractivity contribution in [1.29, 1.82) is 0 Å². The van der Waals surface area contributed by atoms with Crippen molar-refractivity contribution in [2.45, 2.75) is 63.9 Å². The Kier molecular flexibility index (Phi) is 7.40. The molecule has 0 bridgehead atoms. The first kappa shape index (κ1) is 16.1. The number of methoxy groups -OCH3 is 1. The zero-order valence-electron chi connectivity index (χ0n) is 11.8. The van der Waals surface area contributed by atoms with Crippen LogP contribution in [0.1, 0.15) is 39.5 Å². The van der Waals surface area contributed by atoms with Gasteiger partial charge in [0.25, 0.3) is 0 Å². The van der Waals surface area contributed by atoms with E-state index in [-0.39, 0.29) is 24.4 Å². The van der Waals surface area contributed by atoms with Gasteiger partial charge in [-0.25, -0.2) is 0 Å². The molecule has 0 aromatic carbocycles. The van der Waals surface area contributed by atoms with Crippen LogP contribution in [0.2, 0.25) is 0 Å². The largest absolute Gasteiger partial charge is 0.378 e. The van der Waals surface area contributed by atoms with E-state index in [9.17, 15) is 0 Å². The molecule has 0 aliphatic carbocycles. The first-order valence-corrected chi connectivity index (χ1v) is 7.33. The minimum atomic E-state index is 0.135. The van der Waals surface area contributed by atoms with Gasteiger partial charge in [0.15, 0.2) is 0 Å². The summed E-state index contributed by atoms with van der Waals surface area (Å²) in [6.45, 7) is 8.14. The molecular formula is C14H27O3P. The Morgan fingerprint density at radius 2 is 2.11 bits per heavy atom. The van der Waals surface area contributed by atoms with Gasteiger partial charge in [-0.15, -0.1) is 6.58 Å². The molecule has 1 fully saturated rings. The van der Waals surface area contributed by atoms with Crippen molar-refractivity contribution in [3.63, 3.8) is 0 Å². The van der Waals surface area contributed by atoms with Crippen LogP contribution in [0.25, 0.3) is 0 Å². The zero-order valence-corrected chi connectivity index (χ0v) is 13.0. The average Bonchev–Trinajstić information content (AvgIpc) is 2.72. The Bertz CT molecular complexity index is 243. The molecule has 0 saturated carbocycles. The third kappa shape index (κ3) is 3.77. The van der Waals surface area contributed by atoms with Gasteiger partial charge in [-0.3, -0.25) is 0 Å². The summed E-state index contributed by atoms with van der Waals surface area (Å²) in [7, 11) is 4.14. The van der Waals surface area contributed by atoms with Gasteiger partial charge in [0.2, 0.25) is 0 Å². The summed E-state index contributed by atoms with van der Waals surface area (Å²) in [5.41, 5.74) is 0. The first-order valence-electron chi connectivity index (χ1n) is 6.86. The molecule has 0 amide bonds. The third-order valence-electron chi connectivity index (χ3n) is 3.90. The molecule has 0 spiro atoms. The molecule has 1 aliphatic heterocycles. The Hall–Kier alpha value is 0.0500. The van der Waals surface area contributed by atoms with E-state index in [0.29, 0.717) is 5.92 Å². The van der Waals surface area contributed by atoms with Gasteiger partial charge in [0.1, 0.15) is 0 Å². The lowest BCUT2D eigenvalue weighted by Crippen LogP contribution is -2.32. The van der Waals surface area contributed by atoms with Crippen LogP contribution in [-0.4, -0.2) is 31.5 Å². The fourth-order valence-corrected chi connectivity index (χ4v) is 3.18. The minimum absolute atomic E-state index is 0.135. The van der Waals surface area contributed by atoms with Crippen LogP contribution >= 0.6 is 9.47 Å². The van der Waals surface area contributed by atoms with Gasteiger partial charge in [-0.1, -0.05) is 19.9 Å². The van der Waals surface area contributed by atoms with E-state index >= 15 is 0 Å². The molecule has 3 nitrogen and oxygen atoms in total. The van der Waals surface area contributed by atoms with Crippen LogP contribution in [0, 0.1) is 5.92 Å². The van der Waals surface area contributed by atoms with E-state index in [1.54, 1.807) is 7.11 Å². The summed E-state index contributed by atoms with van der Waals surface area (Å²) in [4.78, 5) is 0. The molecule has 0 N–H and O–H groups in total. The first-order chi connectivity index (χ1) is 8.71. The van der Waals surface area contributed by atoms with Gasteiger partial charge >= 0.3 is 0 Å². The Balaban J connectivity index is 2.69. The summed E-state index contributed by atoms with van der Waals surface area (Å²) in [5.74, 6) is 0.458. The maximum atomic E-state index is 6.16. The lowest BCUT2D eigenvalue weighted by atomic mass is 9.90. The summed E-state index contributed by atoms with van der Waals surface area (Å²) >= 11 is 0. The highest BCUT2D eigenvalue weighted by atomic mass is 31.0. The highest BCUT2D eigenvalue weighted by molar-refractivity contribution is 7.09. The van der Waals surface area contributed by atoms with Crippen LogP contribution < -0.4 is 0 Å². The van der Waals surface area contributed by atoms with E-state index in [4.69, 9.17) is 14.0 Å². The smallest absolute Gasteiger partial charge is 0.0886 e. The molecule has 1 aliphatic rings. The van der Waals surface area contributed by atoms with Crippen LogP contribution in [0.4, 0.5) is 0 Å². The zero-order chi connectivity index (χ0) is 13.5. The number of rotatable bonds is 8. The molecular weight excluding hydrogens is 247 g/mol. The second kappa shape index (κ2) is 8.27. The Morgan fingerprint density at radius 3 is 2.56 bits per heavy atom. The topological polar surface area (TPSA) is 27.7 Å². The maximum absolute atomic E-state index is 6.16. The predicted molar refractivity (Wildman–Crippen MR) is 77.5 cm³/mol. The van der Waals surface area contributed by atoms with Crippen LogP contribution in [0.15, 0.2) is 12.7 Å². The van der Waals surface area contributed by atoms with Crippen molar-refractivity contribution >= 4 is 9.47 Å². The summed E-state index contributed by atoms with van der Waals surface area (Å²) in [5, 5.41) is 0. The Morgan fingerprint density at radius 1 is 1.39 bits per heavy atom. The van der Waals surface area contributed by atoms with Crippen LogP contribution in [-0.2, 0) is 14.0 Å². The van der Waals surface area contributed by atoms with Gasteiger partial charge < -0.3 is 14.0 Å². The van der Waals surface area contributed by atoms with Gasteiger partial charge in [0, 0.05) is 28.9 Å². The van der Waals surface area contributed by atoms with Crippen molar-refractivity contribution in [3.05, 3.63) is 12.7 Å². The van der Waals surface area contributed by atoms with Crippen LogP contribution in [0.3, 0.4) is 0 Å². The lowest BCUT2D eigenvalue weighted by Gasteiger charge is -2.23. The average molecular weight is 274 g/mol. The predicted octanol–water partition coefficient (Wildman–Crippen LogP) is 3.35. The molecule has 106 valence electrons. The maximum Gasteiger partial charge on any atom is 0.0886 e. The highest BCUT2D eigenvalue weighted by Gasteiger charge is 2.43. The molecule has 4 heteroatoms. The van der Waals surface area contributed by atoms with Crippen molar-refractivity contribution < 1.29 is 14.0 Å². The molecule has 1 rings (SSSR count). The summed E-state index contributed by atoms with van der Waals surface area (Å²) in [6, 6.07) is 0. The molecule has 1 saturated heterocycles. The highest BCUT2D eigenvalue weighted by Crippen LogP contribution is 2.36. The van der Waals surface area contributed by atoms with E-state index in [1.807, 2.05) is 6.08 Å². The van der Waals surface area contributed by atoms with E-state index < -0.39 is 0 Å². The van der Waals surface area contributed by atoms with Crippen molar-refractivity contribution in [3.8, 4) is 0 Å². The molecule has 2 unspecified atom stereocenters. The quantitative estimate of drug-likeness (QED) is 0.502. The van der Waals surface area contributed by atoms with Gasteiger partial charge in [-0.2, -0.15) is 0 Å². The molecule has 0 aromatic rings. The molecule has 0 aromatic heterocycles. The molecule has 0 radical (unpaired) electrons. The normalized spacial score (nSPS) is 33.6. The van der Waals surface area contributed by atoms with Crippen molar-refractivity contribution in [2.24, 2.45) is 5.92 Å². The summed E-state index contributed by atoms with van der Waals surface area (Å²) in [6.07, 6.45) is 6.56. The van der Waals surface area contributed by atoms with Crippen molar-refractivity contribution in [1.82, 2.24) is 0 Å². The molecule has 6 atom stereocenters. The van der Waals surface area contributed by atoms with Gasteiger partial charge in [-0.05, 0) is 19.3 Å². The van der Waals surface area contributed by atoms with E-state index in [2.05, 4.69) is 29.9 Å². The molecule has 1 heterocycles. The molecule has 18 heavy (non-hydrogen) atoms. The summed E-state index contributed by atoms with van der Waals surface area (Å²) < 4.78 is 17.2. The SMILES string of the molecule is C=CC[C@@H]1O[C@H](CC(CC)OP)[C@H](OC)[C@H]1CC. The number of hydrogen-bond acceptors (Lipinski definition) is 3. The standard InChI is InChI=1S/C14H27O3P/c1-5-8-12-11(7-3)14(15-4)13(16-12)9-10(6-2)17-18/h5,10-14H,1,6-9,18H2,2-4H3/t10?,11-,12-,13+,14+/m0/s1. The fraction of sp³-hybridized carbons (Fsp3) is 0.857. The van der Waals surface area contributed by atoms with E-state index in [1.165, 1.54) is 0 Å². The minimum Gasteiger partial charge on any atom is -0.378 e. The third-order valence-corrected chi connectivity index (χ3v) is 4.29. The van der Waals surface area contributed by atoms with Crippen LogP contribution in [0.5, 0.6) is 0 Å². The van der Waals surface area contributed by atoms with E-state index in [0.717, 1.165) is 25.7 Å². The monoisotopic (exact) mass is 274 g/mol. The van der Waals surface area contributed by atoms with Crippen molar-refractivity contribution in [2.75, 3.05) is 7.11 Å². The Labute approximate surface area is 114 Å². The fourth-order valence-electron chi connectivity index (χ4n) is 2.87. The van der Waals surface area contributed by atoms with Gasteiger partial charge in [0.05, 0.1) is 24.4 Å². The second-order valence-electron chi connectivity index (χ2n) is 4.91. The number of hydrogen-bond donors (Lipinski definition) is 0. The number of ether oxygens (including phenoxy) is 2.